The number of rotatable bonds is 5. The molecular formula is C12H24N2O. The Balaban J connectivity index is 2.25. The van der Waals surface area contributed by atoms with E-state index < -0.39 is 0 Å². The average molecular weight is 212 g/mol. The second-order valence-corrected chi connectivity index (χ2v) is 4.41. The Morgan fingerprint density at radius 2 is 2.27 bits per heavy atom. The molecule has 1 saturated heterocycles. The number of nitrogens with zero attached hydrogens (tertiary/aromatic N) is 1. The van der Waals surface area contributed by atoms with E-state index in [-0.39, 0.29) is 5.91 Å². The Morgan fingerprint density at radius 1 is 1.47 bits per heavy atom. The lowest BCUT2D eigenvalue weighted by atomic mass is 10.1. The van der Waals surface area contributed by atoms with Crippen LogP contribution in [0.15, 0.2) is 0 Å². The van der Waals surface area contributed by atoms with Gasteiger partial charge in [0.1, 0.15) is 0 Å². The van der Waals surface area contributed by atoms with E-state index in [4.69, 9.17) is 0 Å². The van der Waals surface area contributed by atoms with Crippen LogP contribution < -0.4 is 5.32 Å². The molecule has 1 N–H and O–H groups in total. The second-order valence-electron chi connectivity index (χ2n) is 4.41. The van der Waals surface area contributed by atoms with Crippen molar-refractivity contribution in [2.45, 2.75) is 52.0 Å². The molecule has 1 amide bonds. The summed E-state index contributed by atoms with van der Waals surface area (Å²) in [4.78, 5) is 13.8. The van der Waals surface area contributed by atoms with Gasteiger partial charge in [0, 0.05) is 19.0 Å². The van der Waals surface area contributed by atoms with Crippen LogP contribution in [0.25, 0.3) is 0 Å². The van der Waals surface area contributed by atoms with Crippen LogP contribution in [0.5, 0.6) is 0 Å². The van der Waals surface area contributed by atoms with Crippen LogP contribution in [-0.4, -0.2) is 36.5 Å². The summed E-state index contributed by atoms with van der Waals surface area (Å²) >= 11 is 0. The number of carbonyl (C=O) groups excluding carboxylic acids is 1. The van der Waals surface area contributed by atoms with Crippen molar-refractivity contribution in [2.75, 3.05) is 19.6 Å². The summed E-state index contributed by atoms with van der Waals surface area (Å²) in [7, 11) is 0. The predicted octanol–water partition coefficient (Wildman–Crippen LogP) is 1.78. The minimum Gasteiger partial charge on any atom is -0.352 e. The quantitative estimate of drug-likeness (QED) is 0.753. The van der Waals surface area contributed by atoms with Crippen LogP contribution in [-0.2, 0) is 4.79 Å². The fraction of sp³-hybridized carbons (Fsp3) is 0.917. The monoisotopic (exact) mass is 212 g/mol. The number of likely N-dealkylation sites (tertiary alicyclic amines) is 1. The molecule has 0 radical (unpaired) electrons. The van der Waals surface area contributed by atoms with Gasteiger partial charge in [-0.15, -0.1) is 0 Å². The van der Waals surface area contributed by atoms with Crippen molar-refractivity contribution >= 4 is 5.91 Å². The Morgan fingerprint density at radius 3 is 2.93 bits per heavy atom. The number of amides is 1. The van der Waals surface area contributed by atoms with Gasteiger partial charge in [-0.2, -0.15) is 0 Å². The number of unbranched alkanes of at least 4 members (excludes halogenated alkanes) is 1. The molecule has 0 aromatic rings. The number of hydrogen-bond donors (Lipinski definition) is 1. The number of hydrogen-bond acceptors (Lipinski definition) is 2. The lowest BCUT2D eigenvalue weighted by Gasteiger charge is -2.33. The van der Waals surface area contributed by atoms with Gasteiger partial charge >= 0.3 is 0 Å². The molecular weight excluding hydrogens is 188 g/mol. The normalized spacial score (nSPS) is 22.7. The minimum atomic E-state index is 0.192. The Hall–Kier alpha value is -0.570. The van der Waals surface area contributed by atoms with Gasteiger partial charge in [-0.3, -0.25) is 4.79 Å². The van der Waals surface area contributed by atoms with E-state index in [1.807, 2.05) is 6.92 Å². The van der Waals surface area contributed by atoms with E-state index in [2.05, 4.69) is 17.1 Å². The molecule has 0 aromatic carbocycles. The first-order valence-corrected chi connectivity index (χ1v) is 6.28. The zero-order chi connectivity index (χ0) is 11.1. The van der Waals surface area contributed by atoms with Crippen LogP contribution in [0, 0.1) is 0 Å². The van der Waals surface area contributed by atoms with Crippen LogP contribution in [0.2, 0.25) is 0 Å². The molecule has 3 heteroatoms. The third kappa shape index (κ3) is 4.65. The van der Waals surface area contributed by atoms with Crippen molar-refractivity contribution in [1.29, 1.82) is 0 Å². The molecule has 0 spiro atoms. The number of piperidine rings is 1. The van der Waals surface area contributed by atoms with Crippen molar-refractivity contribution in [3.8, 4) is 0 Å². The van der Waals surface area contributed by atoms with Crippen molar-refractivity contribution in [3.05, 3.63) is 0 Å². The summed E-state index contributed by atoms with van der Waals surface area (Å²) in [6.07, 6.45) is 5.50. The summed E-state index contributed by atoms with van der Waals surface area (Å²) in [6, 6.07) is 0.392. The molecule has 0 aliphatic carbocycles. The van der Waals surface area contributed by atoms with Gasteiger partial charge in [0.25, 0.3) is 0 Å². The topological polar surface area (TPSA) is 32.3 Å². The zero-order valence-corrected chi connectivity index (χ0v) is 10.1. The molecule has 1 aliphatic rings. The molecule has 1 fully saturated rings. The molecule has 1 rings (SSSR count). The van der Waals surface area contributed by atoms with E-state index >= 15 is 0 Å². The highest BCUT2D eigenvalue weighted by Crippen LogP contribution is 2.10. The highest BCUT2D eigenvalue weighted by molar-refractivity contribution is 5.75. The first-order valence-electron chi connectivity index (χ1n) is 6.28. The SMILES string of the molecule is CCCCN1CCCC(NC(=O)CC)C1. The second kappa shape index (κ2) is 6.83. The van der Waals surface area contributed by atoms with E-state index in [0.717, 1.165) is 13.0 Å². The molecule has 15 heavy (non-hydrogen) atoms. The molecule has 0 saturated carbocycles. The van der Waals surface area contributed by atoms with Gasteiger partial charge in [0.2, 0.25) is 5.91 Å². The van der Waals surface area contributed by atoms with Crippen LogP contribution in [0.1, 0.15) is 46.0 Å². The lowest BCUT2D eigenvalue weighted by molar-refractivity contribution is -0.121. The van der Waals surface area contributed by atoms with Gasteiger partial charge in [0.15, 0.2) is 0 Å². The summed E-state index contributed by atoms with van der Waals surface area (Å²) < 4.78 is 0. The fourth-order valence-corrected chi connectivity index (χ4v) is 2.09. The molecule has 3 nitrogen and oxygen atoms in total. The van der Waals surface area contributed by atoms with Crippen LogP contribution in [0.4, 0.5) is 0 Å². The third-order valence-electron chi connectivity index (χ3n) is 3.02. The predicted molar refractivity (Wildman–Crippen MR) is 62.8 cm³/mol. The largest absolute Gasteiger partial charge is 0.352 e. The Bertz CT molecular complexity index is 194. The standard InChI is InChI=1S/C12H24N2O/c1-3-5-8-14-9-6-7-11(10-14)13-12(15)4-2/h11H,3-10H2,1-2H3,(H,13,15). The summed E-state index contributed by atoms with van der Waals surface area (Å²) in [5.41, 5.74) is 0. The molecule has 1 atom stereocenters. The number of nitrogens with one attached hydrogen (secondary N) is 1. The van der Waals surface area contributed by atoms with Gasteiger partial charge in [-0.25, -0.2) is 0 Å². The Kier molecular flexibility index (Phi) is 5.69. The van der Waals surface area contributed by atoms with Crippen molar-refractivity contribution < 1.29 is 4.79 Å². The fourth-order valence-electron chi connectivity index (χ4n) is 2.09. The van der Waals surface area contributed by atoms with Gasteiger partial charge in [-0.05, 0) is 32.4 Å². The summed E-state index contributed by atoms with van der Waals surface area (Å²) in [5.74, 6) is 0.192. The minimum absolute atomic E-state index is 0.192. The maximum absolute atomic E-state index is 11.3. The van der Waals surface area contributed by atoms with Crippen molar-refractivity contribution in [1.82, 2.24) is 10.2 Å². The summed E-state index contributed by atoms with van der Waals surface area (Å²) in [6.45, 7) is 7.58. The maximum Gasteiger partial charge on any atom is 0.219 e. The Labute approximate surface area is 93.2 Å². The average Bonchev–Trinajstić information content (AvgIpc) is 2.26. The maximum atomic E-state index is 11.3. The lowest BCUT2D eigenvalue weighted by Crippen LogP contribution is -2.47. The zero-order valence-electron chi connectivity index (χ0n) is 10.1. The van der Waals surface area contributed by atoms with E-state index in [1.54, 1.807) is 0 Å². The van der Waals surface area contributed by atoms with Crippen LogP contribution in [0.3, 0.4) is 0 Å². The first kappa shape index (κ1) is 12.5. The highest BCUT2D eigenvalue weighted by Gasteiger charge is 2.19. The van der Waals surface area contributed by atoms with Gasteiger partial charge in [-0.1, -0.05) is 20.3 Å². The molecule has 0 aromatic heterocycles. The molecule has 1 aliphatic heterocycles. The molecule has 1 heterocycles. The molecule has 1 unspecified atom stereocenters. The van der Waals surface area contributed by atoms with Crippen molar-refractivity contribution in [2.24, 2.45) is 0 Å². The smallest absolute Gasteiger partial charge is 0.219 e. The van der Waals surface area contributed by atoms with E-state index in [0.29, 0.717) is 12.5 Å². The summed E-state index contributed by atoms with van der Waals surface area (Å²) in [5, 5.41) is 3.09. The third-order valence-corrected chi connectivity index (χ3v) is 3.02. The molecule has 0 bridgehead atoms. The van der Waals surface area contributed by atoms with E-state index in [1.165, 1.54) is 32.4 Å². The molecule has 88 valence electrons. The number of carbonyl (C=O) groups is 1. The van der Waals surface area contributed by atoms with Crippen LogP contribution >= 0.6 is 0 Å². The first-order chi connectivity index (χ1) is 7.26. The van der Waals surface area contributed by atoms with Gasteiger partial charge in [0.05, 0.1) is 0 Å². The van der Waals surface area contributed by atoms with Gasteiger partial charge < -0.3 is 10.2 Å². The van der Waals surface area contributed by atoms with E-state index in [9.17, 15) is 4.79 Å². The highest BCUT2D eigenvalue weighted by atomic mass is 16.1. The van der Waals surface area contributed by atoms with Crippen molar-refractivity contribution in [3.63, 3.8) is 0 Å².